The normalized spacial score (nSPS) is 10.4. The average molecular weight is 359 g/mol. The van der Waals surface area contributed by atoms with Crippen molar-refractivity contribution in [2.75, 3.05) is 0 Å². The van der Waals surface area contributed by atoms with Crippen LogP contribution < -0.4 is 0 Å². The fourth-order valence-corrected chi connectivity index (χ4v) is 2.82. The monoisotopic (exact) mass is 359 g/mol. The zero-order valence-electron chi connectivity index (χ0n) is 8.79. The van der Waals surface area contributed by atoms with Crippen molar-refractivity contribution in [3.63, 3.8) is 0 Å². The number of carboxylic acids is 1. The Hall–Kier alpha value is -1.90. The van der Waals surface area contributed by atoms with Gasteiger partial charge in [0.2, 0.25) is 0 Å². The van der Waals surface area contributed by atoms with Crippen molar-refractivity contribution < 1.29 is 17.9 Å². The van der Waals surface area contributed by atoms with E-state index in [0.29, 0.717) is 0 Å². The molecule has 2 aromatic rings. The molecule has 0 spiro atoms. The highest BCUT2D eigenvalue weighted by atomic mass is 127. The van der Waals surface area contributed by atoms with E-state index in [0.717, 1.165) is 0 Å². The van der Waals surface area contributed by atoms with Gasteiger partial charge in [0.15, 0.2) is 21.2 Å². The van der Waals surface area contributed by atoms with Crippen LogP contribution in [0, 0.1) is 13.7 Å². The SMILES string of the molecule is O=Ic1ccc2c([N+](=O)[O-])cccc2c1C(=O)O. The van der Waals surface area contributed by atoms with Crippen molar-refractivity contribution >= 4 is 43.6 Å². The minimum Gasteiger partial charge on any atom is -0.478 e. The van der Waals surface area contributed by atoms with Crippen LogP contribution in [0.2, 0.25) is 0 Å². The van der Waals surface area contributed by atoms with Crippen molar-refractivity contribution in [2.24, 2.45) is 0 Å². The summed E-state index contributed by atoms with van der Waals surface area (Å²) >= 11 is -1.65. The molecule has 0 amide bonds. The molecule has 0 saturated heterocycles. The molecule has 0 fully saturated rings. The molecular weight excluding hydrogens is 353 g/mol. The predicted molar refractivity (Wildman–Crippen MR) is 71.0 cm³/mol. The van der Waals surface area contributed by atoms with Crippen LogP contribution in [0.5, 0.6) is 0 Å². The number of rotatable bonds is 3. The van der Waals surface area contributed by atoms with Gasteiger partial charge >= 0.3 is 5.97 Å². The van der Waals surface area contributed by atoms with E-state index in [4.69, 9.17) is 5.11 Å². The van der Waals surface area contributed by atoms with Gasteiger partial charge in [-0.3, -0.25) is 13.2 Å². The lowest BCUT2D eigenvalue weighted by Crippen LogP contribution is -2.02. The maximum absolute atomic E-state index is 11.2. The molecule has 0 aliphatic heterocycles. The molecule has 0 aliphatic carbocycles. The summed E-state index contributed by atoms with van der Waals surface area (Å²) in [6.07, 6.45) is 0. The zero-order valence-corrected chi connectivity index (χ0v) is 10.9. The molecule has 0 unspecified atom stereocenters. The van der Waals surface area contributed by atoms with Crippen molar-refractivity contribution in [3.05, 3.63) is 49.6 Å². The smallest absolute Gasteiger partial charge is 0.337 e. The van der Waals surface area contributed by atoms with Gasteiger partial charge in [0.1, 0.15) is 0 Å². The number of carbonyl (C=O) groups is 1. The Kier molecular flexibility index (Phi) is 3.32. The van der Waals surface area contributed by atoms with E-state index in [1.54, 1.807) is 0 Å². The van der Waals surface area contributed by atoms with Crippen LogP contribution >= 0.6 is 21.2 Å². The number of nitro groups is 1. The molecule has 2 rings (SSSR count). The largest absolute Gasteiger partial charge is 0.478 e. The molecule has 0 bridgehead atoms. The summed E-state index contributed by atoms with van der Waals surface area (Å²) in [5.74, 6) is -1.23. The van der Waals surface area contributed by atoms with E-state index >= 15 is 0 Å². The quantitative estimate of drug-likeness (QED) is 0.516. The third-order valence-electron chi connectivity index (χ3n) is 2.48. The maximum atomic E-state index is 11.2. The minimum absolute atomic E-state index is 0.112. The van der Waals surface area contributed by atoms with Gasteiger partial charge in [0.05, 0.1) is 19.4 Å². The molecule has 1 N–H and O–H groups in total. The number of aromatic carboxylic acids is 1. The fourth-order valence-electron chi connectivity index (χ4n) is 1.76. The second-order valence-corrected chi connectivity index (χ2v) is 5.04. The number of nitrogens with zero attached hydrogens (tertiary/aromatic N) is 1. The van der Waals surface area contributed by atoms with Crippen LogP contribution in [0.4, 0.5) is 5.69 Å². The Bertz CT molecular complexity index is 682. The van der Waals surface area contributed by atoms with Gasteiger partial charge < -0.3 is 5.11 Å². The first kappa shape index (κ1) is 12.6. The predicted octanol–water partition coefficient (Wildman–Crippen LogP) is 2.93. The Morgan fingerprint density at radius 1 is 1.22 bits per heavy atom. The van der Waals surface area contributed by atoms with Gasteiger partial charge in [-0.1, -0.05) is 12.1 Å². The van der Waals surface area contributed by atoms with E-state index in [2.05, 4.69) is 0 Å². The summed E-state index contributed by atoms with van der Waals surface area (Å²) in [7, 11) is 0. The highest BCUT2D eigenvalue weighted by molar-refractivity contribution is 14.1. The number of halogens is 1. The molecule has 6 nitrogen and oxygen atoms in total. The molecular formula is C11H6INO5. The van der Waals surface area contributed by atoms with E-state index < -0.39 is 32.1 Å². The highest BCUT2D eigenvalue weighted by Gasteiger charge is 2.19. The van der Waals surface area contributed by atoms with Gasteiger partial charge in [-0.05, 0) is 12.1 Å². The number of hydrogen-bond donors (Lipinski definition) is 1. The molecule has 2 aromatic carbocycles. The first-order valence-electron chi connectivity index (χ1n) is 4.76. The summed E-state index contributed by atoms with van der Waals surface area (Å²) in [5.41, 5.74) is -0.273. The fraction of sp³-hybridized carbons (Fsp3) is 0. The topological polar surface area (TPSA) is 97.5 Å². The summed E-state index contributed by atoms with van der Waals surface area (Å²) in [5, 5.41) is 20.5. The van der Waals surface area contributed by atoms with E-state index in [-0.39, 0.29) is 25.6 Å². The molecule has 0 heterocycles. The molecule has 0 saturated carbocycles. The Balaban J connectivity index is 2.95. The van der Waals surface area contributed by atoms with Crippen molar-refractivity contribution in [3.8, 4) is 0 Å². The first-order valence-corrected chi connectivity index (χ1v) is 6.72. The average Bonchev–Trinajstić information content (AvgIpc) is 2.35. The van der Waals surface area contributed by atoms with Crippen LogP contribution in [0.3, 0.4) is 0 Å². The highest BCUT2D eigenvalue weighted by Crippen LogP contribution is 2.31. The number of hydrogen-bond acceptors (Lipinski definition) is 4. The molecule has 92 valence electrons. The second kappa shape index (κ2) is 4.77. The third-order valence-corrected chi connectivity index (χ3v) is 3.85. The van der Waals surface area contributed by atoms with Crippen LogP contribution in [-0.2, 0) is 3.07 Å². The summed E-state index contributed by atoms with van der Waals surface area (Å²) in [6, 6.07) is 7.01. The number of benzene rings is 2. The van der Waals surface area contributed by atoms with Crippen molar-refractivity contribution in [1.29, 1.82) is 0 Å². The minimum atomic E-state index is -1.65. The van der Waals surface area contributed by atoms with Gasteiger partial charge in [0, 0.05) is 11.5 Å². The molecule has 7 heteroatoms. The van der Waals surface area contributed by atoms with E-state index in [1.807, 2.05) is 0 Å². The van der Waals surface area contributed by atoms with Gasteiger partial charge in [-0.15, -0.1) is 0 Å². The number of nitro benzene ring substituents is 1. The van der Waals surface area contributed by atoms with Crippen LogP contribution in [0.1, 0.15) is 10.4 Å². The van der Waals surface area contributed by atoms with Crippen LogP contribution in [-0.4, -0.2) is 16.0 Å². The van der Waals surface area contributed by atoms with Crippen molar-refractivity contribution in [1.82, 2.24) is 0 Å². The van der Waals surface area contributed by atoms with E-state index in [1.165, 1.54) is 30.3 Å². The molecule has 0 radical (unpaired) electrons. The summed E-state index contributed by atoms with van der Waals surface area (Å²) in [6.45, 7) is 0. The molecule has 0 aliphatic rings. The third kappa shape index (κ3) is 1.96. The Morgan fingerprint density at radius 3 is 2.50 bits per heavy atom. The lowest BCUT2D eigenvalue weighted by molar-refractivity contribution is -0.383. The maximum Gasteiger partial charge on any atom is 0.337 e. The number of fused-ring (bicyclic) bond motifs is 1. The second-order valence-electron chi connectivity index (χ2n) is 3.43. The standard InChI is InChI=1S/C11H6INO5/c14-11(15)10-7-2-1-3-9(13(17)18)6(7)4-5-8(10)12-16/h1-5H,(H,14,15). The van der Waals surface area contributed by atoms with Gasteiger partial charge in [0.25, 0.3) is 5.69 Å². The lowest BCUT2D eigenvalue weighted by Gasteiger charge is -2.05. The van der Waals surface area contributed by atoms with Gasteiger partial charge in [-0.25, -0.2) is 4.79 Å². The summed E-state index contributed by atoms with van der Waals surface area (Å²) in [4.78, 5) is 21.5. The summed E-state index contributed by atoms with van der Waals surface area (Å²) < 4.78 is 11.3. The lowest BCUT2D eigenvalue weighted by atomic mass is 10.0. The zero-order chi connectivity index (χ0) is 13.3. The number of carboxylic acid groups (broad SMARTS) is 1. The first-order chi connectivity index (χ1) is 8.56. The Labute approximate surface area is 111 Å². The number of non-ortho nitro benzene ring substituents is 1. The van der Waals surface area contributed by atoms with Crippen LogP contribution in [0.15, 0.2) is 30.3 Å². The molecule has 0 aromatic heterocycles. The molecule has 18 heavy (non-hydrogen) atoms. The van der Waals surface area contributed by atoms with Gasteiger partial charge in [-0.2, -0.15) is 0 Å². The van der Waals surface area contributed by atoms with E-state index in [9.17, 15) is 18.0 Å². The van der Waals surface area contributed by atoms with Crippen molar-refractivity contribution in [2.45, 2.75) is 0 Å². The van der Waals surface area contributed by atoms with Crippen LogP contribution in [0.25, 0.3) is 10.8 Å². The Morgan fingerprint density at radius 2 is 1.94 bits per heavy atom. The molecule has 0 atom stereocenters.